The molecule has 1 aliphatic rings. The van der Waals surface area contributed by atoms with E-state index in [1.54, 1.807) is 11.3 Å². The van der Waals surface area contributed by atoms with Crippen molar-refractivity contribution in [1.82, 2.24) is 0 Å². The molecule has 2 rings (SSSR count). The summed E-state index contributed by atoms with van der Waals surface area (Å²) in [5, 5.41) is 10.4. The number of aliphatic hydroxyl groups excluding tert-OH is 1. The molecule has 2 nitrogen and oxygen atoms in total. The van der Waals surface area contributed by atoms with E-state index in [9.17, 15) is 5.11 Å². The molecule has 0 amide bonds. The maximum absolute atomic E-state index is 10.4. The van der Waals surface area contributed by atoms with Crippen LogP contribution in [0.25, 0.3) is 0 Å². The van der Waals surface area contributed by atoms with Gasteiger partial charge in [-0.05, 0) is 30.4 Å². The molecule has 1 aromatic heterocycles. The van der Waals surface area contributed by atoms with Gasteiger partial charge in [-0.25, -0.2) is 0 Å². The molecule has 1 N–H and O–H groups in total. The van der Waals surface area contributed by atoms with Crippen LogP contribution in [0.3, 0.4) is 0 Å². The second-order valence-corrected chi connectivity index (χ2v) is 6.99. The van der Waals surface area contributed by atoms with Gasteiger partial charge < -0.3 is 9.84 Å². The minimum atomic E-state index is -0.351. The lowest BCUT2D eigenvalue weighted by Crippen LogP contribution is -2.23. The Kier molecular flexibility index (Phi) is 3.91. The molecular formula is C14H22O2S. The second-order valence-electron chi connectivity index (χ2n) is 5.87. The van der Waals surface area contributed by atoms with Crippen LogP contribution in [-0.2, 0) is 10.2 Å². The summed E-state index contributed by atoms with van der Waals surface area (Å²) in [5.41, 5.74) is 0.172. The van der Waals surface area contributed by atoms with E-state index in [4.69, 9.17) is 4.74 Å². The predicted molar refractivity (Wildman–Crippen MR) is 71.5 cm³/mol. The molecule has 1 saturated heterocycles. The third kappa shape index (κ3) is 3.09. The van der Waals surface area contributed by atoms with Crippen LogP contribution in [0.4, 0.5) is 0 Å². The second kappa shape index (κ2) is 5.09. The third-order valence-corrected chi connectivity index (χ3v) is 4.88. The van der Waals surface area contributed by atoms with E-state index in [0.29, 0.717) is 6.61 Å². The van der Waals surface area contributed by atoms with Crippen molar-refractivity contribution in [3.05, 3.63) is 21.9 Å². The van der Waals surface area contributed by atoms with Crippen molar-refractivity contribution < 1.29 is 9.84 Å². The summed E-state index contributed by atoms with van der Waals surface area (Å²) in [7, 11) is 0. The van der Waals surface area contributed by atoms with E-state index in [1.807, 2.05) is 0 Å². The van der Waals surface area contributed by atoms with Crippen molar-refractivity contribution in [2.45, 2.75) is 45.1 Å². The minimum absolute atomic E-state index is 0.172. The van der Waals surface area contributed by atoms with Crippen LogP contribution in [0.15, 0.2) is 12.1 Å². The lowest BCUT2D eigenvalue weighted by atomic mass is 9.94. The summed E-state index contributed by atoms with van der Waals surface area (Å²) in [5.74, 6) is 0.273. The van der Waals surface area contributed by atoms with E-state index in [-0.39, 0.29) is 17.4 Å². The predicted octanol–water partition coefficient (Wildman–Crippen LogP) is 3.51. The molecule has 2 unspecified atom stereocenters. The Morgan fingerprint density at radius 1 is 1.41 bits per heavy atom. The van der Waals surface area contributed by atoms with E-state index >= 15 is 0 Å². The van der Waals surface area contributed by atoms with Crippen LogP contribution in [0.5, 0.6) is 0 Å². The highest BCUT2D eigenvalue weighted by Crippen LogP contribution is 2.36. The van der Waals surface area contributed by atoms with Gasteiger partial charge in [0, 0.05) is 22.3 Å². The quantitative estimate of drug-likeness (QED) is 0.875. The molecule has 3 heteroatoms. The maximum atomic E-state index is 10.4. The fourth-order valence-corrected chi connectivity index (χ4v) is 3.31. The summed E-state index contributed by atoms with van der Waals surface area (Å²) in [6.07, 6.45) is 1.79. The molecular weight excluding hydrogens is 232 g/mol. The fraction of sp³-hybridized carbons (Fsp3) is 0.714. The molecule has 1 aliphatic heterocycles. The van der Waals surface area contributed by atoms with Crippen molar-refractivity contribution in [2.24, 2.45) is 5.92 Å². The van der Waals surface area contributed by atoms with Gasteiger partial charge in [0.15, 0.2) is 0 Å². The molecule has 0 saturated carbocycles. The molecule has 96 valence electrons. The largest absolute Gasteiger partial charge is 0.387 e. The minimum Gasteiger partial charge on any atom is -0.387 e. The van der Waals surface area contributed by atoms with E-state index in [2.05, 4.69) is 32.9 Å². The Morgan fingerprint density at radius 2 is 2.18 bits per heavy atom. The van der Waals surface area contributed by atoms with E-state index in [1.165, 1.54) is 4.88 Å². The van der Waals surface area contributed by atoms with Gasteiger partial charge in [-0.3, -0.25) is 0 Å². The first-order valence-electron chi connectivity index (χ1n) is 6.34. The third-order valence-electron chi connectivity index (χ3n) is 3.30. The lowest BCUT2D eigenvalue weighted by Gasteiger charge is -2.26. The van der Waals surface area contributed by atoms with Crippen molar-refractivity contribution in [1.29, 1.82) is 0 Å². The van der Waals surface area contributed by atoms with Gasteiger partial charge in [-0.1, -0.05) is 20.8 Å². The van der Waals surface area contributed by atoms with Gasteiger partial charge in [0.25, 0.3) is 0 Å². The molecule has 2 atom stereocenters. The molecule has 0 spiro atoms. The van der Waals surface area contributed by atoms with Crippen LogP contribution in [0, 0.1) is 5.92 Å². The Balaban J connectivity index is 2.08. The van der Waals surface area contributed by atoms with Crippen LogP contribution in [-0.4, -0.2) is 18.3 Å². The zero-order chi connectivity index (χ0) is 12.5. The van der Waals surface area contributed by atoms with Gasteiger partial charge >= 0.3 is 0 Å². The normalized spacial score (nSPS) is 23.6. The molecule has 17 heavy (non-hydrogen) atoms. The summed E-state index contributed by atoms with van der Waals surface area (Å²) in [6.45, 7) is 8.17. The molecule has 1 fully saturated rings. The Bertz CT molecular complexity index is 359. The van der Waals surface area contributed by atoms with Crippen LogP contribution in [0.2, 0.25) is 0 Å². The smallest absolute Gasteiger partial charge is 0.0932 e. The van der Waals surface area contributed by atoms with Crippen LogP contribution < -0.4 is 0 Å². The van der Waals surface area contributed by atoms with Gasteiger partial charge in [0.1, 0.15) is 0 Å². The van der Waals surface area contributed by atoms with Gasteiger partial charge in [-0.2, -0.15) is 0 Å². The zero-order valence-electron chi connectivity index (χ0n) is 10.9. The number of hydrogen-bond donors (Lipinski definition) is 1. The summed E-state index contributed by atoms with van der Waals surface area (Å²) in [6, 6.07) is 4.22. The molecule has 0 bridgehead atoms. The summed E-state index contributed by atoms with van der Waals surface area (Å²) >= 11 is 1.74. The van der Waals surface area contributed by atoms with Crippen LogP contribution >= 0.6 is 11.3 Å². The summed E-state index contributed by atoms with van der Waals surface area (Å²) in [4.78, 5) is 2.42. The Labute approximate surface area is 108 Å². The van der Waals surface area contributed by atoms with Crippen LogP contribution in [0.1, 0.15) is 49.5 Å². The fourth-order valence-electron chi connectivity index (χ4n) is 2.16. The Morgan fingerprint density at radius 3 is 2.71 bits per heavy atom. The maximum Gasteiger partial charge on any atom is 0.0932 e. The summed E-state index contributed by atoms with van der Waals surface area (Å²) < 4.78 is 5.44. The monoisotopic (exact) mass is 254 g/mol. The molecule has 0 aromatic carbocycles. The standard InChI is InChI=1S/C14H22O2S/c1-14(2,3)12-7-6-11(17-12)13(15)10-5-4-8-16-9-10/h6-7,10,13,15H,4-5,8-9H2,1-3H3. The topological polar surface area (TPSA) is 29.5 Å². The van der Waals surface area contributed by atoms with Crippen molar-refractivity contribution in [2.75, 3.05) is 13.2 Å². The van der Waals surface area contributed by atoms with Crippen molar-refractivity contribution in [3.63, 3.8) is 0 Å². The first kappa shape index (κ1) is 13.1. The highest BCUT2D eigenvalue weighted by atomic mass is 32.1. The average Bonchev–Trinajstić information content (AvgIpc) is 2.78. The first-order chi connectivity index (χ1) is 7.98. The number of hydrogen-bond acceptors (Lipinski definition) is 3. The molecule has 0 radical (unpaired) electrons. The van der Waals surface area contributed by atoms with E-state index in [0.717, 1.165) is 24.3 Å². The van der Waals surface area contributed by atoms with Crippen molar-refractivity contribution in [3.8, 4) is 0 Å². The number of rotatable bonds is 2. The SMILES string of the molecule is CC(C)(C)c1ccc(C(O)C2CCCOC2)s1. The van der Waals surface area contributed by atoms with Gasteiger partial charge in [0.05, 0.1) is 12.7 Å². The highest BCUT2D eigenvalue weighted by Gasteiger charge is 2.26. The van der Waals surface area contributed by atoms with Gasteiger partial charge in [0.2, 0.25) is 0 Å². The molecule has 2 heterocycles. The lowest BCUT2D eigenvalue weighted by molar-refractivity contribution is -0.00862. The number of aliphatic hydroxyl groups is 1. The number of thiophene rings is 1. The van der Waals surface area contributed by atoms with Gasteiger partial charge in [-0.15, -0.1) is 11.3 Å². The number of ether oxygens (including phenoxy) is 1. The average molecular weight is 254 g/mol. The zero-order valence-corrected chi connectivity index (χ0v) is 11.7. The highest BCUT2D eigenvalue weighted by molar-refractivity contribution is 7.12. The first-order valence-corrected chi connectivity index (χ1v) is 7.16. The molecule has 0 aliphatic carbocycles. The Hall–Kier alpha value is -0.380. The van der Waals surface area contributed by atoms with E-state index < -0.39 is 0 Å². The van der Waals surface area contributed by atoms with Crippen molar-refractivity contribution >= 4 is 11.3 Å². The molecule has 1 aromatic rings.